The lowest BCUT2D eigenvalue weighted by Gasteiger charge is -2.24. The van der Waals surface area contributed by atoms with Gasteiger partial charge in [0.15, 0.2) is 11.5 Å². The van der Waals surface area contributed by atoms with Crippen molar-refractivity contribution in [1.82, 2.24) is 5.32 Å². The minimum absolute atomic E-state index is 0.0320. The van der Waals surface area contributed by atoms with Crippen LogP contribution >= 0.6 is 0 Å². The number of rotatable bonds is 9. The zero-order chi connectivity index (χ0) is 18.9. The molecule has 5 heteroatoms. The normalized spacial score (nSPS) is 12.9. The molecule has 0 saturated heterocycles. The molecule has 5 nitrogen and oxygen atoms in total. The van der Waals surface area contributed by atoms with Crippen molar-refractivity contribution in [1.29, 1.82) is 0 Å². The number of benzene rings is 2. The molecule has 0 aliphatic carbocycles. The first kappa shape index (κ1) is 19.8. The summed E-state index contributed by atoms with van der Waals surface area (Å²) in [6.07, 6.45) is -0.393. The molecule has 0 aliphatic rings. The predicted octanol–water partition coefficient (Wildman–Crippen LogP) is 3.99. The smallest absolute Gasteiger partial charge is 0.338 e. The Balaban J connectivity index is 2.24. The predicted molar refractivity (Wildman–Crippen MR) is 102 cm³/mol. The van der Waals surface area contributed by atoms with Crippen LogP contribution in [0.15, 0.2) is 48.5 Å². The molecule has 140 valence electrons. The molecule has 0 spiro atoms. The van der Waals surface area contributed by atoms with Crippen LogP contribution in [0, 0.1) is 0 Å². The molecule has 0 fully saturated rings. The highest BCUT2D eigenvalue weighted by atomic mass is 16.5. The molecule has 0 unspecified atom stereocenters. The first-order valence-electron chi connectivity index (χ1n) is 8.93. The van der Waals surface area contributed by atoms with E-state index in [9.17, 15) is 4.79 Å². The van der Waals surface area contributed by atoms with E-state index in [1.165, 1.54) is 0 Å². The summed E-state index contributed by atoms with van der Waals surface area (Å²) in [5.41, 5.74) is 1.37. The molecule has 26 heavy (non-hydrogen) atoms. The van der Waals surface area contributed by atoms with Gasteiger partial charge in [-0.2, -0.15) is 0 Å². The second-order valence-corrected chi connectivity index (χ2v) is 5.84. The van der Waals surface area contributed by atoms with Crippen molar-refractivity contribution in [3.63, 3.8) is 0 Å². The Morgan fingerprint density at radius 3 is 2.27 bits per heavy atom. The second kappa shape index (κ2) is 9.82. The molecule has 0 aromatic heterocycles. The maximum absolute atomic E-state index is 12.7. The van der Waals surface area contributed by atoms with E-state index in [-0.39, 0.29) is 6.04 Å². The van der Waals surface area contributed by atoms with Gasteiger partial charge in [0.25, 0.3) is 0 Å². The van der Waals surface area contributed by atoms with E-state index >= 15 is 0 Å². The quantitative estimate of drug-likeness (QED) is 0.688. The molecule has 2 atom stereocenters. The average molecular weight is 357 g/mol. The molecule has 0 radical (unpaired) electrons. The molecular formula is C21H27NO4. The number of carbonyl (C=O) groups is 1. The van der Waals surface area contributed by atoms with Gasteiger partial charge in [-0.15, -0.1) is 0 Å². The van der Waals surface area contributed by atoms with Crippen molar-refractivity contribution >= 4 is 5.97 Å². The Morgan fingerprint density at radius 2 is 1.65 bits per heavy atom. The third kappa shape index (κ3) is 4.99. The number of nitrogens with one attached hydrogen (secondary N) is 1. The topological polar surface area (TPSA) is 56.8 Å². The Labute approximate surface area is 155 Å². The molecule has 0 saturated carbocycles. The standard InChI is InChI=1S/C21H27NO4/c1-5-24-18-13-12-17(14-19(18)25-6-2)21(23)26-20(15(3)22-4)16-10-8-7-9-11-16/h7-15,20,22H,5-6H2,1-4H3/t15-,20-/m1/s1. The number of hydrogen-bond acceptors (Lipinski definition) is 5. The van der Waals surface area contributed by atoms with Gasteiger partial charge in [-0.25, -0.2) is 4.79 Å². The van der Waals surface area contributed by atoms with Gasteiger partial charge in [0, 0.05) is 6.04 Å². The summed E-state index contributed by atoms with van der Waals surface area (Å²) in [4.78, 5) is 12.7. The van der Waals surface area contributed by atoms with Gasteiger partial charge in [0.2, 0.25) is 0 Å². The van der Waals surface area contributed by atoms with E-state index in [2.05, 4.69) is 5.32 Å². The van der Waals surface area contributed by atoms with Crippen LogP contribution in [0.1, 0.15) is 42.8 Å². The number of likely N-dealkylation sites (N-methyl/N-ethyl adjacent to an activating group) is 1. The molecule has 0 heterocycles. The Hall–Kier alpha value is -2.53. The number of esters is 1. The third-order valence-corrected chi connectivity index (χ3v) is 4.05. The number of carbonyl (C=O) groups excluding carboxylic acids is 1. The van der Waals surface area contributed by atoms with Crippen molar-refractivity contribution in [3.05, 3.63) is 59.7 Å². The van der Waals surface area contributed by atoms with Gasteiger partial charge in [-0.1, -0.05) is 30.3 Å². The molecule has 2 rings (SSSR count). The lowest BCUT2D eigenvalue weighted by molar-refractivity contribution is 0.0218. The SMILES string of the molecule is CCOc1ccc(C(=O)O[C@@H](c2ccccc2)[C@@H](C)NC)cc1OCC. The fraction of sp³-hybridized carbons (Fsp3) is 0.381. The fourth-order valence-electron chi connectivity index (χ4n) is 2.61. The summed E-state index contributed by atoms with van der Waals surface area (Å²) < 4.78 is 16.9. The van der Waals surface area contributed by atoms with E-state index in [0.717, 1.165) is 5.56 Å². The van der Waals surface area contributed by atoms with Crippen LogP contribution in [-0.4, -0.2) is 32.3 Å². The maximum Gasteiger partial charge on any atom is 0.338 e. The van der Waals surface area contributed by atoms with Crippen molar-refractivity contribution in [2.75, 3.05) is 20.3 Å². The minimum Gasteiger partial charge on any atom is -0.490 e. The highest BCUT2D eigenvalue weighted by Crippen LogP contribution is 2.30. The van der Waals surface area contributed by atoms with Crippen molar-refractivity contribution in [2.45, 2.75) is 32.9 Å². The van der Waals surface area contributed by atoms with Crippen LogP contribution in [0.5, 0.6) is 11.5 Å². The van der Waals surface area contributed by atoms with Crippen molar-refractivity contribution in [3.8, 4) is 11.5 Å². The van der Waals surface area contributed by atoms with E-state index in [1.807, 2.05) is 58.2 Å². The Kier molecular flexibility index (Phi) is 7.48. The van der Waals surface area contributed by atoms with E-state index < -0.39 is 12.1 Å². The van der Waals surface area contributed by atoms with Gasteiger partial charge in [0.1, 0.15) is 6.10 Å². The van der Waals surface area contributed by atoms with Gasteiger partial charge in [0.05, 0.1) is 18.8 Å². The summed E-state index contributed by atoms with van der Waals surface area (Å²) >= 11 is 0. The first-order chi connectivity index (χ1) is 12.6. The third-order valence-electron chi connectivity index (χ3n) is 4.05. The number of ether oxygens (including phenoxy) is 3. The molecule has 0 amide bonds. The lowest BCUT2D eigenvalue weighted by Crippen LogP contribution is -2.32. The average Bonchev–Trinajstić information content (AvgIpc) is 2.67. The summed E-state index contributed by atoms with van der Waals surface area (Å²) in [6.45, 7) is 6.79. The molecular weight excluding hydrogens is 330 g/mol. The van der Waals surface area contributed by atoms with Crippen LogP contribution < -0.4 is 14.8 Å². The first-order valence-corrected chi connectivity index (χ1v) is 8.93. The van der Waals surface area contributed by atoms with Crippen LogP contribution in [0.25, 0.3) is 0 Å². The van der Waals surface area contributed by atoms with E-state index in [1.54, 1.807) is 18.2 Å². The highest BCUT2D eigenvalue weighted by Gasteiger charge is 2.24. The highest BCUT2D eigenvalue weighted by molar-refractivity contribution is 5.90. The molecule has 2 aromatic rings. The molecule has 1 N–H and O–H groups in total. The Bertz CT molecular complexity index is 702. The van der Waals surface area contributed by atoms with Gasteiger partial charge in [-0.3, -0.25) is 0 Å². The van der Waals surface area contributed by atoms with Crippen molar-refractivity contribution < 1.29 is 19.0 Å². The van der Waals surface area contributed by atoms with Crippen LogP contribution in [0.2, 0.25) is 0 Å². The fourth-order valence-corrected chi connectivity index (χ4v) is 2.61. The van der Waals surface area contributed by atoms with Crippen LogP contribution in [0.4, 0.5) is 0 Å². The van der Waals surface area contributed by atoms with Crippen LogP contribution in [-0.2, 0) is 4.74 Å². The molecule has 2 aromatic carbocycles. The van der Waals surface area contributed by atoms with Gasteiger partial charge < -0.3 is 19.5 Å². The van der Waals surface area contributed by atoms with Gasteiger partial charge >= 0.3 is 5.97 Å². The molecule has 0 bridgehead atoms. The van der Waals surface area contributed by atoms with E-state index in [0.29, 0.717) is 30.3 Å². The number of hydrogen-bond donors (Lipinski definition) is 1. The molecule has 0 aliphatic heterocycles. The van der Waals surface area contributed by atoms with Crippen LogP contribution in [0.3, 0.4) is 0 Å². The largest absolute Gasteiger partial charge is 0.490 e. The zero-order valence-electron chi connectivity index (χ0n) is 15.8. The second-order valence-electron chi connectivity index (χ2n) is 5.84. The minimum atomic E-state index is -0.398. The Morgan fingerprint density at radius 1 is 1.00 bits per heavy atom. The summed E-state index contributed by atoms with van der Waals surface area (Å²) in [7, 11) is 1.85. The lowest BCUT2D eigenvalue weighted by atomic mass is 10.0. The van der Waals surface area contributed by atoms with Crippen molar-refractivity contribution in [2.24, 2.45) is 0 Å². The summed E-state index contributed by atoms with van der Waals surface area (Å²) in [5.74, 6) is 0.765. The monoisotopic (exact) mass is 357 g/mol. The van der Waals surface area contributed by atoms with E-state index in [4.69, 9.17) is 14.2 Å². The zero-order valence-corrected chi connectivity index (χ0v) is 15.8. The summed E-state index contributed by atoms with van der Waals surface area (Å²) in [5, 5.41) is 3.16. The maximum atomic E-state index is 12.7. The summed E-state index contributed by atoms with van der Waals surface area (Å²) in [6, 6.07) is 14.8. The van der Waals surface area contributed by atoms with Gasteiger partial charge in [-0.05, 0) is 51.6 Å².